The Hall–Kier alpha value is -2.80. The first-order valence-corrected chi connectivity index (χ1v) is 7.76. The average molecular weight is 327 g/mol. The molecule has 0 aliphatic rings. The molecule has 4 N–H and O–H groups in total. The first-order chi connectivity index (χ1) is 11.0. The number of rotatable bonds is 4. The number of hydrogen-bond acceptors (Lipinski definition) is 5. The van der Waals surface area contributed by atoms with Gasteiger partial charge in [0.1, 0.15) is 0 Å². The van der Waals surface area contributed by atoms with Crippen LogP contribution in [0.15, 0.2) is 52.2 Å². The van der Waals surface area contributed by atoms with Gasteiger partial charge in [-0.25, -0.2) is 9.78 Å². The molecule has 7 heteroatoms. The number of carboxylic acids is 1. The Morgan fingerprint density at radius 3 is 2.65 bits per heavy atom. The van der Waals surface area contributed by atoms with Crippen LogP contribution in [0, 0.1) is 0 Å². The lowest BCUT2D eigenvalue weighted by atomic mass is 10.2. The Kier molecular flexibility index (Phi) is 4.03. The molecule has 0 atom stereocenters. The number of carboxylic acid groups (broad SMARTS) is 1. The zero-order valence-corrected chi connectivity index (χ0v) is 12.8. The van der Waals surface area contributed by atoms with Gasteiger partial charge in [0.15, 0.2) is 0 Å². The summed E-state index contributed by atoms with van der Waals surface area (Å²) < 4.78 is 0. The fourth-order valence-electron chi connectivity index (χ4n) is 2.15. The summed E-state index contributed by atoms with van der Waals surface area (Å²) in [5.41, 5.74) is 7.05. The number of anilines is 1. The second-order valence-electron chi connectivity index (χ2n) is 4.92. The molecular formula is C16H13N3O3S. The highest BCUT2D eigenvalue weighted by molar-refractivity contribution is 7.98. The zero-order valence-electron chi connectivity index (χ0n) is 11.9. The van der Waals surface area contributed by atoms with Crippen molar-refractivity contribution in [2.24, 2.45) is 0 Å². The number of carbonyl (C=O) groups is 1. The molecule has 0 unspecified atom stereocenters. The summed E-state index contributed by atoms with van der Waals surface area (Å²) in [6.45, 7) is 0. The van der Waals surface area contributed by atoms with E-state index in [0.717, 1.165) is 10.5 Å². The number of aromatic amines is 1. The summed E-state index contributed by atoms with van der Waals surface area (Å²) in [6, 6.07) is 12.1. The minimum absolute atomic E-state index is 0.100. The first kappa shape index (κ1) is 15.1. The number of nitrogen functional groups attached to an aromatic ring is 1. The van der Waals surface area contributed by atoms with Crippen LogP contribution >= 0.6 is 11.8 Å². The molecule has 3 rings (SSSR count). The number of nitrogens with one attached hydrogen (secondary N) is 1. The van der Waals surface area contributed by atoms with Gasteiger partial charge in [0.25, 0.3) is 5.56 Å². The molecule has 23 heavy (non-hydrogen) atoms. The quantitative estimate of drug-likeness (QED) is 0.635. The number of fused-ring (bicyclic) bond motifs is 1. The van der Waals surface area contributed by atoms with Gasteiger partial charge in [-0.15, -0.1) is 11.8 Å². The molecular weight excluding hydrogens is 314 g/mol. The van der Waals surface area contributed by atoms with Crippen molar-refractivity contribution in [2.45, 2.75) is 10.6 Å². The van der Waals surface area contributed by atoms with Gasteiger partial charge in [0, 0.05) is 10.6 Å². The maximum Gasteiger partial charge on any atom is 0.335 e. The Balaban J connectivity index is 1.79. The number of aromatic nitrogens is 2. The number of nitrogens with zero attached hydrogens (tertiary/aromatic N) is 1. The smallest absolute Gasteiger partial charge is 0.335 e. The van der Waals surface area contributed by atoms with E-state index in [1.807, 2.05) is 6.07 Å². The van der Waals surface area contributed by atoms with Crippen LogP contribution in [0.4, 0.5) is 5.95 Å². The second-order valence-corrected chi connectivity index (χ2v) is 5.97. The van der Waals surface area contributed by atoms with Gasteiger partial charge in [0.2, 0.25) is 5.95 Å². The standard InChI is InChI=1S/C16H13N3O3S/c17-16-18-13-6-1-9(7-12(13)14(20)19-16)8-23-11-4-2-10(3-5-11)15(21)22/h1-7H,8H2,(H,21,22)(H3,17,18,19,20). The summed E-state index contributed by atoms with van der Waals surface area (Å²) in [5.74, 6) is -0.183. The van der Waals surface area contributed by atoms with E-state index in [1.165, 1.54) is 0 Å². The molecule has 116 valence electrons. The molecule has 0 bridgehead atoms. The van der Waals surface area contributed by atoms with Gasteiger partial charge in [-0.05, 0) is 42.0 Å². The van der Waals surface area contributed by atoms with Crippen LogP contribution in [-0.4, -0.2) is 21.0 Å². The highest BCUT2D eigenvalue weighted by Crippen LogP contribution is 2.24. The Morgan fingerprint density at radius 2 is 1.96 bits per heavy atom. The predicted octanol–water partition coefficient (Wildman–Crippen LogP) is 2.50. The number of benzene rings is 2. The van der Waals surface area contributed by atoms with Crippen molar-refractivity contribution in [3.8, 4) is 0 Å². The lowest BCUT2D eigenvalue weighted by Gasteiger charge is -2.04. The summed E-state index contributed by atoms with van der Waals surface area (Å²) in [6.07, 6.45) is 0. The van der Waals surface area contributed by atoms with Crippen molar-refractivity contribution in [2.75, 3.05) is 5.73 Å². The number of nitrogens with two attached hydrogens (primary N) is 1. The topological polar surface area (TPSA) is 109 Å². The van der Waals surface area contributed by atoms with Crippen LogP contribution in [0.25, 0.3) is 10.9 Å². The Morgan fingerprint density at radius 1 is 1.22 bits per heavy atom. The Labute approximate surface area is 135 Å². The SMILES string of the molecule is Nc1nc2ccc(CSc3ccc(C(=O)O)cc3)cc2c(=O)[nH]1. The normalized spacial score (nSPS) is 10.8. The van der Waals surface area contributed by atoms with Crippen molar-refractivity contribution in [3.63, 3.8) is 0 Å². The van der Waals surface area contributed by atoms with Crippen molar-refractivity contribution in [1.29, 1.82) is 0 Å². The molecule has 2 aromatic carbocycles. The van der Waals surface area contributed by atoms with Crippen LogP contribution in [0.1, 0.15) is 15.9 Å². The molecule has 3 aromatic rings. The van der Waals surface area contributed by atoms with E-state index >= 15 is 0 Å². The van der Waals surface area contributed by atoms with E-state index < -0.39 is 5.97 Å². The van der Waals surface area contributed by atoms with Crippen LogP contribution < -0.4 is 11.3 Å². The molecule has 0 radical (unpaired) electrons. The van der Waals surface area contributed by atoms with E-state index in [9.17, 15) is 9.59 Å². The van der Waals surface area contributed by atoms with E-state index in [2.05, 4.69) is 9.97 Å². The largest absolute Gasteiger partial charge is 0.478 e. The predicted molar refractivity (Wildman–Crippen MR) is 89.7 cm³/mol. The summed E-state index contributed by atoms with van der Waals surface area (Å²) >= 11 is 1.56. The van der Waals surface area contributed by atoms with Crippen LogP contribution in [0.3, 0.4) is 0 Å². The molecule has 0 aliphatic carbocycles. The van der Waals surface area contributed by atoms with E-state index in [0.29, 0.717) is 16.7 Å². The maximum absolute atomic E-state index is 11.9. The molecule has 0 fully saturated rings. The third kappa shape index (κ3) is 3.35. The second kappa shape index (κ2) is 6.13. The van der Waals surface area contributed by atoms with Gasteiger partial charge in [-0.2, -0.15) is 0 Å². The van der Waals surface area contributed by atoms with Crippen LogP contribution in [-0.2, 0) is 5.75 Å². The fraction of sp³-hybridized carbons (Fsp3) is 0.0625. The van der Waals surface area contributed by atoms with Crippen molar-refractivity contribution in [3.05, 3.63) is 63.9 Å². The number of hydrogen-bond donors (Lipinski definition) is 3. The monoisotopic (exact) mass is 327 g/mol. The molecule has 0 aliphatic heterocycles. The maximum atomic E-state index is 11.9. The number of aromatic carboxylic acids is 1. The number of thioether (sulfide) groups is 1. The third-order valence-electron chi connectivity index (χ3n) is 3.29. The van der Waals surface area contributed by atoms with Gasteiger partial charge >= 0.3 is 5.97 Å². The summed E-state index contributed by atoms with van der Waals surface area (Å²) in [4.78, 5) is 30.2. The highest BCUT2D eigenvalue weighted by atomic mass is 32.2. The number of H-pyrrole nitrogens is 1. The van der Waals surface area contributed by atoms with Crippen molar-refractivity contribution < 1.29 is 9.90 Å². The van der Waals surface area contributed by atoms with Gasteiger partial charge < -0.3 is 10.8 Å². The third-order valence-corrected chi connectivity index (χ3v) is 4.38. The molecule has 0 amide bonds. The first-order valence-electron chi connectivity index (χ1n) is 6.77. The molecule has 1 heterocycles. The minimum Gasteiger partial charge on any atom is -0.478 e. The highest BCUT2D eigenvalue weighted by Gasteiger charge is 2.05. The summed E-state index contributed by atoms with van der Waals surface area (Å²) in [7, 11) is 0. The van der Waals surface area contributed by atoms with Crippen molar-refractivity contribution in [1.82, 2.24) is 9.97 Å². The van der Waals surface area contributed by atoms with Crippen LogP contribution in [0.2, 0.25) is 0 Å². The minimum atomic E-state index is -0.943. The summed E-state index contributed by atoms with van der Waals surface area (Å²) in [5, 5.41) is 9.37. The van der Waals surface area contributed by atoms with Gasteiger partial charge in [0.05, 0.1) is 16.5 Å². The van der Waals surface area contributed by atoms with E-state index in [1.54, 1.807) is 48.2 Å². The van der Waals surface area contributed by atoms with E-state index in [4.69, 9.17) is 10.8 Å². The zero-order chi connectivity index (χ0) is 16.4. The lowest BCUT2D eigenvalue weighted by Crippen LogP contribution is -2.11. The lowest BCUT2D eigenvalue weighted by molar-refractivity contribution is 0.0697. The molecule has 0 saturated carbocycles. The van der Waals surface area contributed by atoms with Gasteiger partial charge in [-0.3, -0.25) is 9.78 Å². The molecule has 0 spiro atoms. The van der Waals surface area contributed by atoms with E-state index in [-0.39, 0.29) is 17.1 Å². The fourth-order valence-corrected chi connectivity index (χ4v) is 3.00. The average Bonchev–Trinajstić information content (AvgIpc) is 2.53. The van der Waals surface area contributed by atoms with Crippen molar-refractivity contribution >= 4 is 34.6 Å². The van der Waals surface area contributed by atoms with Gasteiger partial charge in [-0.1, -0.05) is 6.07 Å². The molecule has 1 aromatic heterocycles. The van der Waals surface area contributed by atoms with Crippen LogP contribution in [0.5, 0.6) is 0 Å². The molecule has 6 nitrogen and oxygen atoms in total. The Bertz CT molecular complexity index is 935. The molecule has 0 saturated heterocycles.